The highest BCUT2D eigenvalue weighted by Gasteiger charge is 2.41. The summed E-state index contributed by atoms with van der Waals surface area (Å²) in [5.74, 6) is 0.294. The number of nitrogens with one attached hydrogen (secondary N) is 1. The molecule has 0 aromatic carbocycles. The molecule has 1 N–H and O–H groups in total. The van der Waals surface area contributed by atoms with E-state index in [2.05, 4.69) is 19.2 Å². The second kappa shape index (κ2) is 5.38. The third kappa shape index (κ3) is 3.44. The molecule has 98 valence electrons. The summed E-state index contributed by atoms with van der Waals surface area (Å²) in [6.07, 6.45) is 7.69. The van der Waals surface area contributed by atoms with Crippen LogP contribution < -0.4 is 5.32 Å². The summed E-state index contributed by atoms with van der Waals surface area (Å²) in [4.78, 5) is 14.0. The first-order valence-electron chi connectivity index (χ1n) is 7.21. The van der Waals surface area contributed by atoms with Crippen LogP contribution in [0.5, 0.6) is 0 Å². The fraction of sp³-hybridized carbons (Fsp3) is 0.929. The zero-order valence-corrected chi connectivity index (χ0v) is 11.3. The summed E-state index contributed by atoms with van der Waals surface area (Å²) in [6.45, 7) is 6.77. The maximum absolute atomic E-state index is 12.0. The third-order valence-electron chi connectivity index (χ3n) is 4.16. The lowest BCUT2D eigenvalue weighted by Crippen LogP contribution is -2.40. The Morgan fingerprint density at radius 2 is 2.06 bits per heavy atom. The zero-order chi connectivity index (χ0) is 12.3. The van der Waals surface area contributed by atoms with Crippen LogP contribution in [-0.4, -0.2) is 36.5 Å². The Bertz CT molecular complexity index is 269. The molecule has 17 heavy (non-hydrogen) atoms. The quantitative estimate of drug-likeness (QED) is 0.703. The molecule has 2 saturated carbocycles. The van der Waals surface area contributed by atoms with Crippen molar-refractivity contribution >= 4 is 5.91 Å². The van der Waals surface area contributed by atoms with Crippen molar-refractivity contribution in [3.8, 4) is 0 Å². The number of carbonyl (C=O) groups is 1. The highest BCUT2D eigenvalue weighted by molar-refractivity contribution is 5.78. The molecular weight excluding hydrogens is 212 g/mol. The summed E-state index contributed by atoms with van der Waals surface area (Å²) in [5.41, 5.74) is 0.547. The summed E-state index contributed by atoms with van der Waals surface area (Å²) in [7, 11) is 0. The van der Waals surface area contributed by atoms with Crippen molar-refractivity contribution in [2.75, 3.05) is 19.6 Å². The Morgan fingerprint density at radius 1 is 1.35 bits per heavy atom. The monoisotopic (exact) mass is 238 g/mol. The third-order valence-corrected chi connectivity index (χ3v) is 4.16. The van der Waals surface area contributed by atoms with E-state index in [9.17, 15) is 4.79 Å². The van der Waals surface area contributed by atoms with Crippen molar-refractivity contribution in [2.45, 2.75) is 58.4 Å². The summed E-state index contributed by atoms with van der Waals surface area (Å²) >= 11 is 0. The number of likely N-dealkylation sites (N-methyl/N-ethyl adjacent to an activating group) is 1. The second-order valence-electron chi connectivity index (χ2n) is 5.76. The lowest BCUT2D eigenvalue weighted by atomic mass is 10.0. The van der Waals surface area contributed by atoms with E-state index in [-0.39, 0.29) is 0 Å². The van der Waals surface area contributed by atoms with Gasteiger partial charge in [0.05, 0.1) is 6.54 Å². The largest absolute Gasteiger partial charge is 0.339 e. The van der Waals surface area contributed by atoms with Crippen LogP contribution in [0.4, 0.5) is 0 Å². The van der Waals surface area contributed by atoms with Gasteiger partial charge in [0.25, 0.3) is 0 Å². The minimum atomic E-state index is 0.294. The topological polar surface area (TPSA) is 32.3 Å². The number of hydrogen-bond acceptors (Lipinski definition) is 2. The van der Waals surface area contributed by atoms with Crippen molar-refractivity contribution in [2.24, 2.45) is 5.41 Å². The van der Waals surface area contributed by atoms with Gasteiger partial charge in [-0.3, -0.25) is 4.79 Å². The standard InChI is InChI=1S/C14H26N2O/c1-3-7-14(8-9-14)11-15-10-13(17)16(4-2)12-5-6-12/h12,15H,3-11H2,1-2H3. The van der Waals surface area contributed by atoms with Crippen molar-refractivity contribution in [3.05, 3.63) is 0 Å². The summed E-state index contributed by atoms with van der Waals surface area (Å²) in [5, 5.41) is 3.38. The molecule has 0 aromatic heterocycles. The van der Waals surface area contributed by atoms with E-state index in [1.54, 1.807) is 0 Å². The van der Waals surface area contributed by atoms with Crippen LogP contribution in [0, 0.1) is 5.41 Å². The molecule has 0 aromatic rings. The maximum atomic E-state index is 12.0. The Kier molecular flexibility index (Phi) is 4.08. The Labute approximate surface area is 105 Å². The van der Waals surface area contributed by atoms with E-state index in [4.69, 9.17) is 0 Å². The van der Waals surface area contributed by atoms with Gasteiger partial charge < -0.3 is 10.2 Å². The van der Waals surface area contributed by atoms with Gasteiger partial charge in [0, 0.05) is 19.1 Å². The van der Waals surface area contributed by atoms with Gasteiger partial charge in [0.15, 0.2) is 0 Å². The number of rotatable bonds is 8. The molecule has 0 bridgehead atoms. The van der Waals surface area contributed by atoms with Gasteiger partial charge in [-0.15, -0.1) is 0 Å². The molecule has 0 aliphatic heterocycles. The van der Waals surface area contributed by atoms with Crippen LogP contribution in [0.3, 0.4) is 0 Å². The minimum absolute atomic E-state index is 0.294. The van der Waals surface area contributed by atoms with Gasteiger partial charge in [0.1, 0.15) is 0 Å². The van der Waals surface area contributed by atoms with Crippen molar-refractivity contribution in [1.82, 2.24) is 10.2 Å². The molecule has 2 fully saturated rings. The van der Waals surface area contributed by atoms with Gasteiger partial charge >= 0.3 is 0 Å². The van der Waals surface area contributed by atoms with Gasteiger partial charge in [-0.2, -0.15) is 0 Å². The van der Waals surface area contributed by atoms with E-state index in [1.807, 2.05) is 4.90 Å². The number of nitrogens with zero attached hydrogens (tertiary/aromatic N) is 1. The first-order valence-corrected chi connectivity index (χ1v) is 7.21. The predicted octanol–water partition coefficient (Wildman–Crippen LogP) is 2.17. The van der Waals surface area contributed by atoms with E-state index in [0.29, 0.717) is 23.9 Å². The molecule has 3 nitrogen and oxygen atoms in total. The molecule has 0 atom stereocenters. The summed E-state index contributed by atoms with van der Waals surface area (Å²) < 4.78 is 0. The maximum Gasteiger partial charge on any atom is 0.236 e. The van der Waals surface area contributed by atoms with Crippen molar-refractivity contribution < 1.29 is 4.79 Å². The molecule has 0 radical (unpaired) electrons. The number of amides is 1. The molecule has 1 amide bonds. The molecule has 2 rings (SSSR count). The van der Waals surface area contributed by atoms with Gasteiger partial charge in [0.2, 0.25) is 5.91 Å². The first-order chi connectivity index (χ1) is 8.21. The van der Waals surface area contributed by atoms with Crippen LogP contribution in [0.2, 0.25) is 0 Å². The molecular formula is C14H26N2O. The smallest absolute Gasteiger partial charge is 0.236 e. The average molecular weight is 238 g/mol. The first kappa shape index (κ1) is 12.9. The van der Waals surface area contributed by atoms with Gasteiger partial charge in [-0.1, -0.05) is 13.3 Å². The molecule has 0 unspecified atom stereocenters. The fourth-order valence-electron chi connectivity index (χ4n) is 2.78. The molecule has 2 aliphatic rings. The lowest BCUT2D eigenvalue weighted by molar-refractivity contribution is -0.130. The van der Waals surface area contributed by atoms with E-state index < -0.39 is 0 Å². The minimum Gasteiger partial charge on any atom is -0.339 e. The highest BCUT2D eigenvalue weighted by Crippen LogP contribution is 2.48. The van der Waals surface area contributed by atoms with Crippen LogP contribution in [0.25, 0.3) is 0 Å². The van der Waals surface area contributed by atoms with Crippen molar-refractivity contribution in [1.29, 1.82) is 0 Å². The molecule has 0 heterocycles. The Balaban J connectivity index is 1.65. The van der Waals surface area contributed by atoms with Gasteiger partial charge in [-0.05, 0) is 44.4 Å². The highest BCUT2D eigenvalue weighted by atomic mass is 16.2. The second-order valence-corrected chi connectivity index (χ2v) is 5.76. The molecule has 0 spiro atoms. The zero-order valence-electron chi connectivity index (χ0n) is 11.3. The normalized spacial score (nSPS) is 21.3. The van der Waals surface area contributed by atoms with Gasteiger partial charge in [-0.25, -0.2) is 0 Å². The molecule has 0 saturated heterocycles. The van der Waals surface area contributed by atoms with E-state index >= 15 is 0 Å². The van der Waals surface area contributed by atoms with E-state index in [0.717, 1.165) is 13.1 Å². The molecule has 3 heteroatoms. The summed E-state index contributed by atoms with van der Waals surface area (Å²) in [6, 6.07) is 0.555. The Morgan fingerprint density at radius 3 is 2.53 bits per heavy atom. The lowest BCUT2D eigenvalue weighted by Gasteiger charge is -2.21. The van der Waals surface area contributed by atoms with E-state index in [1.165, 1.54) is 38.5 Å². The average Bonchev–Trinajstić information content (AvgIpc) is 3.16. The van der Waals surface area contributed by atoms with Crippen LogP contribution in [0.15, 0.2) is 0 Å². The molecule has 2 aliphatic carbocycles. The Hall–Kier alpha value is -0.570. The van der Waals surface area contributed by atoms with Crippen LogP contribution >= 0.6 is 0 Å². The predicted molar refractivity (Wildman–Crippen MR) is 69.9 cm³/mol. The fourth-order valence-corrected chi connectivity index (χ4v) is 2.78. The number of hydrogen-bond donors (Lipinski definition) is 1. The number of carbonyl (C=O) groups excluding carboxylic acids is 1. The van der Waals surface area contributed by atoms with Crippen LogP contribution in [-0.2, 0) is 4.79 Å². The SMILES string of the molecule is CCCC1(CNCC(=O)N(CC)C2CC2)CC1. The van der Waals surface area contributed by atoms with Crippen molar-refractivity contribution in [3.63, 3.8) is 0 Å². The van der Waals surface area contributed by atoms with Crippen LogP contribution in [0.1, 0.15) is 52.4 Å².